The molecule has 0 aromatic heterocycles. The minimum Gasteiger partial charge on any atom is -0.458 e. The van der Waals surface area contributed by atoms with Gasteiger partial charge in [0.2, 0.25) is 0 Å². The number of hydrogen-bond acceptors (Lipinski definition) is 4. The first kappa shape index (κ1) is 16.2. The Balaban J connectivity index is 2.08. The van der Waals surface area contributed by atoms with Crippen LogP contribution in [0.4, 0.5) is 13.2 Å². The molecule has 0 bridgehead atoms. The van der Waals surface area contributed by atoms with Crippen molar-refractivity contribution in [3.8, 4) is 0 Å². The summed E-state index contributed by atoms with van der Waals surface area (Å²) in [4.78, 5) is 11.3. The Morgan fingerprint density at radius 1 is 1.21 bits per heavy atom. The summed E-state index contributed by atoms with van der Waals surface area (Å²) in [6.45, 7) is 4.72. The molecule has 0 unspecified atom stereocenters. The van der Waals surface area contributed by atoms with Gasteiger partial charge in [0.1, 0.15) is 12.2 Å². The van der Waals surface area contributed by atoms with Gasteiger partial charge in [0, 0.05) is 0 Å². The fourth-order valence-electron chi connectivity index (χ4n) is 1.72. The smallest absolute Gasteiger partial charge is 0.458 e. The average molecular weight is 284 g/mol. The maximum atomic E-state index is 11.8. The number of rotatable bonds is 5. The Morgan fingerprint density at radius 3 is 2.26 bits per heavy atom. The Morgan fingerprint density at radius 2 is 1.79 bits per heavy atom. The number of carbonyl (C=O) groups excluding carboxylic acids is 1. The van der Waals surface area contributed by atoms with Crippen molar-refractivity contribution in [3.63, 3.8) is 0 Å². The topological polar surface area (TPSA) is 44.8 Å². The van der Waals surface area contributed by atoms with E-state index in [0.717, 1.165) is 0 Å². The van der Waals surface area contributed by atoms with Crippen LogP contribution < -0.4 is 0 Å². The van der Waals surface area contributed by atoms with Gasteiger partial charge in [-0.3, -0.25) is 4.74 Å². The van der Waals surface area contributed by atoms with E-state index in [-0.39, 0.29) is 25.2 Å². The van der Waals surface area contributed by atoms with Gasteiger partial charge < -0.3 is 9.47 Å². The minimum absolute atomic E-state index is 0.162. The van der Waals surface area contributed by atoms with Crippen molar-refractivity contribution in [2.75, 3.05) is 13.2 Å². The van der Waals surface area contributed by atoms with Crippen LogP contribution in [0, 0.1) is 5.92 Å². The van der Waals surface area contributed by atoms with Crippen molar-refractivity contribution in [3.05, 3.63) is 0 Å². The molecule has 0 aromatic carbocycles. The summed E-state index contributed by atoms with van der Waals surface area (Å²) in [5.74, 6) is -0.632. The third-order valence-electron chi connectivity index (χ3n) is 2.53. The highest BCUT2D eigenvalue weighted by Gasteiger charge is 2.36. The highest BCUT2D eigenvalue weighted by Crippen LogP contribution is 2.32. The van der Waals surface area contributed by atoms with Crippen LogP contribution >= 0.6 is 0 Å². The lowest BCUT2D eigenvalue weighted by Crippen LogP contribution is -2.37. The lowest BCUT2D eigenvalue weighted by molar-refractivity contribution is -0.331. The monoisotopic (exact) mass is 284 g/mol. The molecular formula is C12H19F3O4. The Labute approximate surface area is 110 Å². The molecule has 0 saturated heterocycles. The molecule has 0 N–H and O–H groups in total. The van der Waals surface area contributed by atoms with Crippen LogP contribution in [0.25, 0.3) is 0 Å². The van der Waals surface area contributed by atoms with E-state index in [2.05, 4.69) is 4.74 Å². The van der Waals surface area contributed by atoms with E-state index in [1.807, 2.05) is 0 Å². The summed E-state index contributed by atoms with van der Waals surface area (Å²) >= 11 is 0. The Kier molecular flexibility index (Phi) is 5.20. The zero-order valence-electron chi connectivity index (χ0n) is 11.3. The van der Waals surface area contributed by atoms with Crippen molar-refractivity contribution < 1.29 is 32.2 Å². The first-order valence-electron chi connectivity index (χ1n) is 6.09. The predicted octanol–water partition coefficient (Wildman–Crippen LogP) is 2.66. The second-order valence-corrected chi connectivity index (χ2v) is 5.61. The van der Waals surface area contributed by atoms with E-state index in [1.54, 1.807) is 20.8 Å². The van der Waals surface area contributed by atoms with Crippen LogP contribution in [0.15, 0.2) is 0 Å². The number of alkyl halides is 3. The normalized spacial score (nSPS) is 23.9. The van der Waals surface area contributed by atoms with Crippen LogP contribution in [0.5, 0.6) is 0 Å². The standard InChI is InChI=1S/C12H19F3O4/c1-11(2,3)19-10(16)7-17-9-4-8(5-9)6-18-12(13,14)15/h8-9H,4-7H2,1-3H3. The summed E-state index contributed by atoms with van der Waals surface area (Å²) < 4.78 is 49.3. The molecule has 1 saturated carbocycles. The molecule has 1 aliphatic carbocycles. The summed E-state index contributed by atoms with van der Waals surface area (Å²) in [7, 11) is 0. The molecule has 4 nitrogen and oxygen atoms in total. The number of esters is 1. The Bertz CT molecular complexity index is 303. The second-order valence-electron chi connectivity index (χ2n) is 5.61. The molecule has 1 fully saturated rings. The van der Waals surface area contributed by atoms with Crippen molar-refractivity contribution >= 4 is 5.97 Å². The largest absolute Gasteiger partial charge is 0.522 e. The maximum absolute atomic E-state index is 11.8. The van der Waals surface area contributed by atoms with Gasteiger partial charge in [0.05, 0.1) is 12.7 Å². The molecule has 0 heterocycles. The maximum Gasteiger partial charge on any atom is 0.522 e. The first-order chi connectivity index (χ1) is 8.55. The molecule has 1 aliphatic rings. The van der Waals surface area contributed by atoms with Crippen molar-refractivity contribution in [2.24, 2.45) is 5.92 Å². The molecule has 0 aliphatic heterocycles. The second kappa shape index (κ2) is 6.09. The molecule has 0 amide bonds. The number of carbonyl (C=O) groups is 1. The fraction of sp³-hybridized carbons (Fsp3) is 0.917. The highest BCUT2D eigenvalue weighted by molar-refractivity contribution is 5.71. The average Bonchev–Trinajstić information content (AvgIpc) is 2.09. The molecule has 7 heteroatoms. The number of halogens is 3. The van der Waals surface area contributed by atoms with Gasteiger partial charge >= 0.3 is 12.3 Å². The van der Waals surface area contributed by atoms with E-state index >= 15 is 0 Å². The molecule has 0 aromatic rings. The molecular weight excluding hydrogens is 265 g/mol. The molecule has 0 radical (unpaired) electrons. The van der Waals surface area contributed by atoms with Crippen LogP contribution in [-0.4, -0.2) is 37.3 Å². The zero-order chi connectivity index (χ0) is 14.7. The Hall–Kier alpha value is -0.820. The van der Waals surface area contributed by atoms with E-state index in [1.165, 1.54) is 0 Å². The van der Waals surface area contributed by atoms with Gasteiger partial charge in [-0.1, -0.05) is 0 Å². The van der Waals surface area contributed by atoms with Gasteiger partial charge in [-0.15, -0.1) is 13.2 Å². The van der Waals surface area contributed by atoms with Gasteiger partial charge in [-0.2, -0.15) is 0 Å². The van der Waals surface area contributed by atoms with E-state index < -0.39 is 17.9 Å². The summed E-state index contributed by atoms with van der Waals surface area (Å²) in [5.41, 5.74) is -0.566. The van der Waals surface area contributed by atoms with Gasteiger partial charge in [0.15, 0.2) is 0 Å². The van der Waals surface area contributed by atoms with E-state index in [9.17, 15) is 18.0 Å². The van der Waals surface area contributed by atoms with Crippen molar-refractivity contribution in [2.45, 2.75) is 51.7 Å². The summed E-state index contributed by atoms with van der Waals surface area (Å²) in [5, 5.41) is 0. The fourth-order valence-corrected chi connectivity index (χ4v) is 1.72. The van der Waals surface area contributed by atoms with E-state index in [4.69, 9.17) is 9.47 Å². The van der Waals surface area contributed by atoms with Crippen LogP contribution in [0.2, 0.25) is 0 Å². The molecule has 1 rings (SSSR count). The third kappa shape index (κ3) is 7.37. The summed E-state index contributed by atoms with van der Waals surface area (Å²) in [6.07, 6.45) is -3.82. The predicted molar refractivity (Wildman–Crippen MR) is 60.3 cm³/mol. The highest BCUT2D eigenvalue weighted by atomic mass is 19.4. The van der Waals surface area contributed by atoms with Gasteiger partial charge in [-0.05, 0) is 39.5 Å². The molecule has 112 valence electrons. The SMILES string of the molecule is CC(C)(C)OC(=O)COC1CC(COC(F)(F)F)C1. The van der Waals surface area contributed by atoms with Gasteiger partial charge in [0.25, 0.3) is 0 Å². The van der Waals surface area contributed by atoms with Gasteiger partial charge in [-0.25, -0.2) is 4.79 Å². The molecule has 0 spiro atoms. The zero-order valence-corrected chi connectivity index (χ0v) is 11.3. The first-order valence-corrected chi connectivity index (χ1v) is 6.09. The quantitative estimate of drug-likeness (QED) is 0.728. The lowest BCUT2D eigenvalue weighted by Gasteiger charge is -2.34. The van der Waals surface area contributed by atoms with E-state index in [0.29, 0.717) is 12.8 Å². The number of hydrogen-bond donors (Lipinski definition) is 0. The minimum atomic E-state index is -4.58. The van der Waals surface area contributed by atoms with Crippen molar-refractivity contribution in [1.82, 2.24) is 0 Å². The third-order valence-corrected chi connectivity index (χ3v) is 2.53. The lowest BCUT2D eigenvalue weighted by atomic mass is 9.83. The van der Waals surface area contributed by atoms with Crippen molar-refractivity contribution in [1.29, 1.82) is 0 Å². The van der Waals surface area contributed by atoms with Crippen LogP contribution in [-0.2, 0) is 19.0 Å². The van der Waals surface area contributed by atoms with Crippen LogP contribution in [0.3, 0.4) is 0 Å². The summed E-state index contributed by atoms with van der Waals surface area (Å²) in [6, 6.07) is 0. The molecule has 19 heavy (non-hydrogen) atoms. The number of ether oxygens (including phenoxy) is 3. The molecule has 0 atom stereocenters. The van der Waals surface area contributed by atoms with Crippen LogP contribution in [0.1, 0.15) is 33.6 Å².